The highest BCUT2D eigenvalue weighted by molar-refractivity contribution is 7.93. The Labute approximate surface area is 158 Å². The number of rotatable bonds is 4. The SMILES string of the molecule is O=C(NCc1nnc2n1CCCCC2)c1cccc(N2CCCS2(=O)=O)c1. The summed E-state index contributed by atoms with van der Waals surface area (Å²) < 4.78 is 27.7. The second-order valence-electron chi connectivity index (χ2n) is 6.97. The van der Waals surface area contributed by atoms with E-state index in [2.05, 4.69) is 20.1 Å². The van der Waals surface area contributed by atoms with Gasteiger partial charge in [-0.25, -0.2) is 8.42 Å². The molecule has 2 aliphatic rings. The lowest BCUT2D eigenvalue weighted by molar-refractivity contribution is 0.0949. The summed E-state index contributed by atoms with van der Waals surface area (Å²) in [7, 11) is -3.26. The maximum Gasteiger partial charge on any atom is 0.251 e. The van der Waals surface area contributed by atoms with E-state index >= 15 is 0 Å². The van der Waals surface area contributed by atoms with Crippen LogP contribution in [0, 0.1) is 0 Å². The summed E-state index contributed by atoms with van der Waals surface area (Å²) in [6, 6.07) is 6.74. The van der Waals surface area contributed by atoms with E-state index in [0.717, 1.165) is 37.5 Å². The number of benzene rings is 1. The number of sulfonamides is 1. The van der Waals surface area contributed by atoms with E-state index in [4.69, 9.17) is 0 Å². The molecule has 1 amide bonds. The molecule has 0 aliphatic carbocycles. The Morgan fingerprint density at radius 3 is 2.81 bits per heavy atom. The Morgan fingerprint density at radius 2 is 2.00 bits per heavy atom. The molecule has 2 aromatic rings. The fourth-order valence-corrected chi connectivity index (χ4v) is 5.23. The molecule has 0 saturated carbocycles. The van der Waals surface area contributed by atoms with Crippen LogP contribution in [0.2, 0.25) is 0 Å². The molecule has 2 aliphatic heterocycles. The van der Waals surface area contributed by atoms with E-state index in [1.165, 1.54) is 10.7 Å². The summed E-state index contributed by atoms with van der Waals surface area (Å²) in [4.78, 5) is 12.6. The molecular formula is C18H23N5O3S. The second-order valence-corrected chi connectivity index (χ2v) is 8.98. The van der Waals surface area contributed by atoms with Crippen LogP contribution < -0.4 is 9.62 Å². The fourth-order valence-electron chi connectivity index (χ4n) is 3.67. The molecule has 0 spiro atoms. The average Bonchev–Trinajstić information content (AvgIpc) is 3.13. The van der Waals surface area contributed by atoms with E-state index in [-0.39, 0.29) is 11.7 Å². The van der Waals surface area contributed by atoms with Gasteiger partial charge >= 0.3 is 0 Å². The van der Waals surface area contributed by atoms with Gasteiger partial charge in [0.2, 0.25) is 10.0 Å². The topological polar surface area (TPSA) is 97.2 Å². The van der Waals surface area contributed by atoms with Crippen LogP contribution in [0.15, 0.2) is 24.3 Å². The second kappa shape index (κ2) is 7.30. The molecule has 4 rings (SSSR count). The number of hydrogen-bond acceptors (Lipinski definition) is 5. The number of carbonyl (C=O) groups is 1. The number of aromatic nitrogens is 3. The van der Waals surface area contributed by atoms with E-state index < -0.39 is 10.0 Å². The maximum absolute atomic E-state index is 12.6. The fraction of sp³-hybridized carbons (Fsp3) is 0.500. The third-order valence-corrected chi connectivity index (χ3v) is 6.96. The minimum atomic E-state index is -3.26. The molecule has 1 aromatic heterocycles. The van der Waals surface area contributed by atoms with Crippen LogP contribution in [0.5, 0.6) is 0 Å². The van der Waals surface area contributed by atoms with Crippen molar-refractivity contribution in [2.75, 3.05) is 16.6 Å². The van der Waals surface area contributed by atoms with Crippen molar-refractivity contribution in [1.82, 2.24) is 20.1 Å². The first-order chi connectivity index (χ1) is 13.0. The summed E-state index contributed by atoms with van der Waals surface area (Å²) in [5.41, 5.74) is 0.974. The summed E-state index contributed by atoms with van der Waals surface area (Å²) in [6.07, 6.45) is 4.93. The van der Waals surface area contributed by atoms with Gasteiger partial charge in [-0.1, -0.05) is 12.5 Å². The smallest absolute Gasteiger partial charge is 0.251 e. The lowest BCUT2D eigenvalue weighted by atomic mass is 10.2. The third-order valence-electron chi connectivity index (χ3n) is 5.09. The summed E-state index contributed by atoms with van der Waals surface area (Å²) in [5.74, 6) is 1.65. The number of aryl methyl sites for hydroxylation is 1. The van der Waals surface area contributed by atoms with E-state index in [1.807, 2.05) is 0 Å². The van der Waals surface area contributed by atoms with E-state index in [9.17, 15) is 13.2 Å². The zero-order chi connectivity index (χ0) is 18.9. The Morgan fingerprint density at radius 1 is 1.11 bits per heavy atom. The Kier molecular flexibility index (Phi) is 4.86. The van der Waals surface area contributed by atoms with Gasteiger partial charge in [0.05, 0.1) is 18.0 Å². The first-order valence-corrected chi connectivity index (χ1v) is 11.0. The van der Waals surface area contributed by atoms with Crippen LogP contribution in [-0.4, -0.2) is 41.4 Å². The number of hydrogen-bond donors (Lipinski definition) is 1. The Balaban J connectivity index is 1.46. The normalized spacial score (nSPS) is 18.7. The first-order valence-electron chi connectivity index (χ1n) is 9.34. The molecule has 0 unspecified atom stereocenters. The molecule has 1 N–H and O–H groups in total. The molecule has 8 nitrogen and oxygen atoms in total. The predicted octanol–water partition coefficient (Wildman–Crippen LogP) is 1.47. The van der Waals surface area contributed by atoms with Crippen molar-refractivity contribution in [1.29, 1.82) is 0 Å². The predicted molar refractivity (Wildman–Crippen MR) is 101 cm³/mol. The zero-order valence-corrected chi connectivity index (χ0v) is 15.9. The van der Waals surface area contributed by atoms with Crippen LogP contribution in [-0.2, 0) is 29.5 Å². The molecule has 3 heterocycles. The first kappa shape index (κ1) is 18.0. The van der Waals surface area contributed by atoms with E-state index in [0.29, 0.717) is 30.8 Å². The van der Waals surface area contributed by atoms with Gasteiger partial charge in [-0.3, -0.25) is 9.10 Å². The van der Waals surface area contributed by atoms with Gasteiger partial charge in [0.25, 0.3) is 5.91 Å². The van der Waals surface area contributed by atoms with Crippen molar-refractivity contribution >= 4 is 21.6 Å². The molecular weight excluding hydrogens is 366 g/mol. The van der Waals surface area contributed by atoms with Gasteiger partial charge < -0.3 is 9.88 Å². The van der Waals surface area contributed by atoms with Crippen LogP contribution >= 0.6 is 0 Å². The van der Waals surface area contributed by atoms with Crippen molar-refractivity contribution in [3.05, 3.63) is 41.5 Å². The van der Waals surface area contributed by atoms with E-state index in [1.54, 1.807) is 24.3 Å². The minimum absolute atomic E-state index is 0.154. The van der Waals surface area contributed by atoms with Crippen LogP contribution in [0.4, 0.5) is 5.69 Å². The number of fused-ring (bicyclic) bond motifs is 1. The summed E-state index contributed by atoms with van der Waals surface area (Å²) >= 11 is 0. The number of anilines is 1. The zero-order valence-electron chi connectivity index (χ0n) is 15.1. The van der Waals surface area contributed by atoms with Gasteiger partial charge in [-0.15, -0.1) is 10.2 Å². The van der Waals surface area contributed by atoms with Crippen molar-refractivity contribution in [3.63, 3.8) is 0 Å². The molecule has 1 fully saturated rings. The quantitative estimate of drug-likeness (QED) is 0.854. The molecule has 0 bridgehead atoms. The van der Waals surface area contributed by atoms with Gasteiger partial charge in [0.1, 0.15) is 5.82 Å². The maximum atomic E-state index is 12.6. The standard InChI is InChI=1S/C18H23N5O3S/c24-18(19-13-17-21-20-16-8-2-1-3-9-22(16)17)14-6-4-7-15(12-14)23-10-5-11-27(23,25)26/h4,6-7,12H,1-3,5,8-11,13H2,(H,19,24). The number of nitrogens with zero attached hydrogens (tertiary/aromatic N) is 4. The van der Waals surface area contributed by atoms with Crippen molar-refractivity contribution in [3.8, 4) is 0 Å². The van der Waals surface area contributed by atoms with Gasteiger partial charge in [-0.05, 0) is 37.5 Å². The van der Waals surface area contributed by atoms with Crippen LogP contribution in [0.3, 0.4) is 0 Å². The highest BCUT2D eigenvalue weighted by atomic mass is 32.2. The number of carbonyl (C=O) groups excluding carboxylic acids is 1. The highest BCUT2D eigenvalue weighted by Crippen LogP contribution is 2.24. The molecule has 9 heteroatoms. The Bertz CT molecular complexity index is 954. The molecule has 1 saturated heterocycles. The lowest BCUT2D eigenvalue weighted by Gasteiger charge is -2.17. The molecule has 27 heavy (non-hydrogen) atoms. The van der Waals surface area contributed by atoms with Crippen LogP contribution in [0.1, 0.15) is 47.7 Å². The van der Waals surface area contributed by atoms with Gasteiger partial charge in [0.15, 0.2) is 5.82 Å². The highest BCUT2D eigenvalue weighted by Gasteiger charge is 2.28. The van der Waals surface area contributed by atoms with Crippen molar-refractivity contribution < 1.29 is 13.2 Å². The molecule has 1 aromatic carbocycles. The summed E-state index contributed by atoms with van der Waals surface area (Å²) in [6.45, 7) is 1.65. The Hall–Kier alpha value is -2.42. The average molecular weight is 389 g/mol. The lowest BCUT2D eigenvalue weighted by Crippen LogP contribution is -2.27. The third kappa shape index (κ3) is 3.69. The molecule has 0 atom stereocenters. The van der Waals surface area contributed by atoms with Crippen molar-refractivity contribution in [2.45, 2.75) is 45.2 Å². The van der Waals surface area contributed by atoms with Gasteiger partial charge in [0, 0.05) is 25.1 Å². The molecule has 144 valence electrons. The summed E-state index contributed by atoms with van der Waals surface area (Å²) in [5, 5.41) is 11.3. The van der Waals surface area contributed by atoms with Crippen molar-refractivity contribution in [2.24, 2.45) is 0 Å². The minimum Gasteiger partial charge on any atom is -0.345 e. The monoisotopic (exact) mass is 389 g/mol. The largest absolute Gasteiger partial charge is 0.345 e. The van der Waals surface area contributed by atoms with Crippen LogP contribution in [0.25, 0.3) is 0 Å². The molecule has 0 radical (unpaired) electrons. The number of amides is 1. The number of nitrogens with one attached hydrogen (secondary N) is 1. The van der Waals surface area contributed by atoms with Gasteiger partial charge in [-0.2, -0.15) is 0 Å².